The van der Waals surface area contributed by atoms with E-state index in [2.05, 4.69) is 25.7 Å². The molecule has 0 spiro atoms. The molecule has 0 bridgehead atoms. The van der Waals surface area contributed by atoms with E-state index in [1.54, 1.807) is 0 Å². The smallest absolute Gasteiger partial charge is 0.102 e. The van der Waals surface area contributed by atoms with Crippen LogP contribution in [0.4, 0.5) is 4.39 Å². The second-order valence-corrected chi connectivity index (χ2v) is 3.85. The number of piperazine rings is 1. The maximum Gasteiger partial charge on any atom is 0.102 e. The first-order valence-corrected chi connectivity index (χ1v) is 5.55. The molecular weight excluding hydrogens is 223 g/mol. The minimum Gasteiger partial charge on any atom is -0.300 e. The molecule has 1 fully saturated rings. The van der Waals surface area contributed by atoms with Crippen LogP contribution in [-0.2, 0) is 0 Å². The van der Waals surface area contributed by atoms with Gasteiger partial charge in [0.25, 0.3) is 0 Å². The highest BCUT2D eigenvalue weighted by atomic mass is 79.9. The number of hydrogen-bond donors (Lipinski definition) is 0. The molecule has 0 amide bonds. The van der Waals surface area contributed by atoms with E-state index in [0.29, 0.717) is 6.54 Å². The summed E-state index contributed by atoms with van der Waals surface area (Å²) in [5.74, 6) is 0. The van der Waals surface area contributed by atoms with Crippen molar-refractivity contribution in [2.24, 2.45) is 0 Å². The van der Waals surface area contributed by atoms with Crippen LogP contribution in [0.3, 0.4) is 0 Å². The summed E-state index contributed by atoms with van der Waals surface area (Å²) in [4.78, 5) is 4.59. The molecule has 72 valence electrons. The molecule has 2 nitrogen and oxygen atoms in total. The lowest BCUT2D eigenvalue weighted by molar-refractivity contribution is 0.132. The van der Waals surface area contributed by atoms with Gasteiger partial charge in [-0.15, -0.1) is 0 Å². The van der Waals surface area contributed by atoms with Gasteiger partial charge in [-0.3, -0.25) is 9.80 Å². The monoisotopic (exact) mass is 238 g/mol. The van der Waals surface area contributed by atoms with Crippen LogP contribution in [0.25, 0.3) is 0 Å². The van der Waals surface area contributed by atoms with Crippen LogP contribution in [0.5, 0.6) is 0 Å². The molecular formula is C8H16BrFN2. The summed E-state index contributed by atoms with van der Waals surface area (Å²) in [7, 11) is 0. The molecule has 1 aliphatic heterocycles. The Morgan fingerprint density at radius 1 is 1.00 bits per heavy atom. The SMILES string of the molecule is FCCN1CCN(CCBr)CC1. The third-order valence-electron chi connectivity index (χ3n) is 2.27. The second kappa shape index (κ2) is 5.89. The minimum atomic E-state index is -0.210. The summed E-state index contributed by atoms with van der Waals surface area (Å²) >= 11 is 3.42. The van der Waals surface area contributed by atoms with Crippen LogP contribution in [0.1, 0.15) is 0 Å². The zero-order valence-corrected chi connectivity index (χ0v) is 8.89. The van der Waals surface area contributed by atoms with Gasteiger partial charge in [-0.1, -0.05) is 15.9 Å². The predicted octanol–water partition coefficient (Wildman–Crippen LogP) is 0.968. The summed E-state index contributed by atoms with van der Waals surface area (Å²) in [6.07, 6.45) is 0. The van der Waals surface area contributed by atoms with Gasteiger partial charge in [0, 0.05) is 44.6 Å². The molecule has 0 aromatic heterocycles. The number of rotatable bonds is 4. The van der Waals surface area contributed by atoms with Crippen molar-refractivity contribution in [1.29, 1.82) is 0 Å². The van der Waals surface area contributed by atoms with Crippen LogP contribution in [0.15, 0.2) is 0 Å². The Morgan fingerprint density at radius 3 is 1.92 bits per heavy atom. The highest BCUT2D eigenvalue weighted by molar-refractivity contribution is 9.09. The Labute approximate surface area is 81.8 Å². The molecule has 0 atom stereocenters. The van der Waals surface area contributed by atoms with Gasteiger partial charge in [-0.25, -0.2) is 4.39 Å². The molecule has 1 aliphatic rings. The number of halogens is 2. The summed E-state index contributed by atoms with van der Waals surface area (Å²) < 4.78 is 12.0. The molecule has 0 aromatic carbocycles. The molecule has 1 saturated heterocycles. The molecule has 1 rings (SSSR count). The summed E-state index contributed by atoms with van der Waals surface area (Å²) in [6, 6.07) is 0. The lowest BCUT2D eigenvalue weighted by Gasteiger charge is -2.33. The third-order valence-corrected chi connectivity index (χ3v) is 2.62. The predicted molar refractivity (Wildman–Crippen MR) is 52.6 cm³/mol. The Bertz CT molecular complexity index is 102. The van der Waals surface area contributed by atoms with Gasteiger partial charge in [0.05, 0.1) is 0 Å². The van der Waals surface area contributed by atoms with Crippen molar-refractivity contribution in [2.45, 2.75) is 0 Å². The normalized spacial score (nSPS) is 21.5. The van der Waals surface area contributed by atoms with Gasteiger partial charge in [0.15, 0.2) is 0 Å². The first-order valence-electron chi connectivity index (χ1n) is 4.43. The van der Waals surface area contributed by atoms with Crippen LogP contribution < -0.4 is 0 Å². The topological polar surface area (TPSA) is 6.48 Å². The zero-order valence-electron chi connectivity index (χ0n) is 7.31. The Morgan fingerprint density at radius 2 is 1.50 bits per heavy atom. The lowest BCUT2D eigenvalue weighted by Crippen LogP contribution is -2.47. The fourth-order valence-corrected chi connectivity index (χ4v) is 1.98. The molecule has 1 heterocycles. The van der Waals surface area contributed by atoms with E-state index >= 15 is 0 Å². The van der Waals surface area contributed by atoms with E-state index in [-0.39, 0.29) is 6.67 Å². The van der Waals surface area contributed by atoms with Crippen molar-refractivity contribution in [2.75, 3.05) is 51.3 Å². The van der Waals surface area contributed by atoms with Gasteiger partial charge in [0.2, 0.25) is 0 Å². The van der Waals surface area contributed by atoms with E-state index < -0.39 is 0 Å². The standard InChI is InChI=1S/C8H16BrFN2/c9-1-3-11-5-7-12(4-2-10)8-6-11/h1-8H2. The van der Waals surface area contributed by atoms with Crippen molar-refractivity contribution in [3.05, 3.63) is 0 Å². The Kier molecular flexibility index (Phi) is 5.11. The van der Waals surface area contributed by atoms with E-state index in [9.17, 15) is 4.39 Å². The van der Waals surface area contributed by atoms with Crippen LogP contribution in [-0.4, -0.2) is 61.1 Å². The van der Waals surface area contributed by atoms with Gasteiger partial charge >= 0.3 is 0 Å². The zero-order chi connectivity index (χ0) is 8.81. The average Bonchev–Trinajstić information content (AvgIpc) is 2.09. The maximum absolute atomic E-state index is 12.0. The fraction of sp³-hybridized carbons (Fsp3) is 1.00. The summed E-state index contributed by atoms with van der Waals surface area (Å²) in [5.41, 5.74) is 0. The van der Waals surface area contributed by atoms with Crippen molar-refractivity contribution >= 4 is 15.9 Å². The third kappa shape index (κ3) is 3.37. The molecule has 0 saturated carbocycles. The van der Waals surface area contributed by atoms with Crippen LogP contribution in [0, 0.1) is 0 Å². The summed E-state index contributed by atoms with van der Waals surface area (Å²) in [6.45, 7) is 5.75. The number of nitrogens with zero attached hydrogens (tertiary/aromatic N) is 2. The van der Waals surface area contributed by atoms with E-state index in [1.807, 2.05) is 0 Å². The number of hydrogen-bond acceptors (Lipinski definition) is 2. The molecule has 0 aliphatic carbocycles. The average molecular weight is 239 g/mol. The minimum absolute atomic E-state index is 0.210. The maximum atomic E-state index is 12.0. The van der Waals surface area contributed by atoms with Gasteiger partial charge in [-0.2, -0.15) is 0 Å². The molecule has 12 heavy (non-hydrogen) atoms. The quantitative estimate of drug-likeness (QED) is 0.674. The number of alkyl halides is 2. The highest BCUT2D eigenvalue weighted by Crippen LogP contribution is 2.01. The van der Waals surface area contributed by atoms with E-state index in [1.165, 1.54) is 0 Å². The van der Waals surface area contributed by atoms with E-state index in [4.69, 9.17) is 0 Å². The molecule has 0 N–H and O–H groups in total. The Balaban J connectivity index is 2.11. The van der Waals surface area contributed by atoms with E-state index in [0.717, 1.165) is 38.1 Å². The molecule has 0 radical (unpaired) electrons. The lowest BCUT2D eigenvalue weighted by atomic mass is 10.3. The highest BCUT2D eigenvalue weighted by Gasteiger charge is 2.14. The van der Waals surface area contributed by atoms with Gasteiger partial charge in [-0.05, 0) is 0 Å². The molecule has 0 aromatic rings. The Hall–Kier alpha value is 0.330. The van der Waals surface area contributed by atoms with Crippen molar-refractivity contribution in [1.82, 2.24) is 9.80 Å². The first-order chi connectivity index (χ1) is 5.86. The summed E-state index contributed by atoms with van der Waals surface area (Å²) in [5, 5.41) is 1.04. The van der Waals surface area contributed by atoms with Crippen molar-refractivity contribution in [3.8, 4) is 0 Å². The first kappa shape index (κ1) is 10.4. The van der Waals surface area contributed by atoms with Gasteiger partial charge < -0.3 is 0 Å². The molecule has 0 unspecified atom stereocenters. The fourth-order valence-electron chi connectivity index (χ4n) is 1.48. The largest absolute Gasteiger partial charge is 0.300 e. The van der Waals surface area contributed by atoms with Crippen molar-refractivity contribution in [3.63, 3.8) is 0 Å². The van der Waals surface area contributed by atoms with Crippen LogP contribution >= 0.6 is 15.9 Å². The second-order valence-electron chi connectivity index (χ2n) is 3.06. The van der Waals surface area contributed by atoms with Crippen molar-refractivity contribution < 1.29 is 4.39 Å². The van der Waals surface area contributed by atoms with Crippen LogP contribution in [0.2, 0.25) is 0 Å². The van der Waals surface area contributed by atoms with Gasteiger partial charge in [0.1, 0.15) is 6.67 Å². The molecule has 4 heteroatoms.